The number of anilines is 1. The molecule has 0 unspecified atom stereocenters. The monoisotopic (exact) mass is 537 g/mol. The third kappa shape index (κ3) is 5.62. The fraction of sp³-hybridized carbons (Fsp3) is 0.321. The van der Waals surface area contributed by atoms with Gasteiger partial charge < -0.3 is 20.3 Å². The average molecular weight is 538 g/mol. The maximum absolute atomic E-state index is 12.4. The van der Waals surface area contributed by atoms with Gasteiger partial charge in [-0.25, -0.2) is 18.4 Å². The van der Waals surface area contributed by atoms with E-state index in [9.17, 15) is 8.42 Å². The second kappa shape index (κ2) is 11.0. The van der Waals surface area contributed by atoms with Gasteiger partial charge in [0.25, 0.3) is 0 Å². The molecule has 198 valence electrons. The highest BCUT2D eigenvalue weighted by Gasteiger charge is 2.20. The van der Waals surface area contributed by atoms with Crippen molar-refractivity contribution in [1.29, 1.82) is 0 Å². The van der Waals surface area contributed by atoms with E-state index in [1.54, 1.807) is 44.2 Å². The molecule has 1 saturated heterocycles. The number of nitrogen functional groups attached to an aromatic ring is 1. The van der Waals surface area contributed by atoms with Crippen LogP contribution < -0.4 is 11.1 Å². The third-order valence-corrected chi connectivity index (χ3v) is 8.46. The van der Waals surface area contributed by atoms with Crippen molar-refractivity contribution >= 4 is 15.7 Å². The van der Waals surface area contributed by atoms with Crippen LogP contribution in [0.4, 0.5) is 5.82 Å². The Bertz CT molecular complexity index is 1660. The zero-order valence-corrected chi connectivity index (χ0v) is 21.8. The Morgan fingerprint density at radius 3 is 2.39 bits per heavy atom. The highest BCUT2D eigenvalue weighted by molar-refractivity contribution is 7.92. The summed E-state index contributed by atoms with van der Waals surface area (Å²) in [6.07, 6.45) is 1.63. The van der Waals surface area contributed by atoms with Crippen LogP contribution in [0.3, 0.4) is 0 Å². The summed E-state index contributed by atoms with van der Waals surface area (Å²) in [5.41, 5.74) is 9.86. The van der Waals surface area contributed by atoms with E-state index in [4.69, 9.17) is 20.5 Å². The number of ether oxygens (including phenoxy) is 1. The molecule has 1 aliphatic rings. The van der Waals surface area contributed by atoms with Crippen LogP contribution in [0.15, 0.2) is 70.2 Å². The summed E-state index contributed by atoms with van der Waals surface area (Å²) in [6, 6.07) is 15.3. The van der Waals surface area contributed by atoms with Crippen molar-refractivity contribution in [3.63, 3.8) is 0 Å². The van der Waals surface area contributed by atoms with E-state index in [1.807, 2.05) is 24.3 Å². The van der Waals surface area contributed by atoms with E-state index in [0.717, 1.165) is 11.1 Å². The normalized spacial score (nSPS) is 18.9. The summed E-state index contributed by atoms with van der Waals surface area (Å²) in [5.74, 6) is 0.480. The van der Waals surface area contributed by atoms with Gasteiger partial charge in [-0.2, -0.15) is 0 Å². The minimum Gasteiger partial charge on any atom is -0.382 e. The molecule has 0 aliphatic carbocycles. The molecule has 3 N–H and O–H groups in total. The lowest BCUT2D eigenvalue weighted by molar-refractivity contribution is 0.0776. The largest absolute Gasteiger partial charge is 0.382 e. The van der Waals surface area contributed by atoms with E-state index in [2.05, 4.69) is 20.4 Å². The van der Waals surface area contributed by atoms with Gasteiger partial charge in [-0.3, -0.25) is 0 Å². The standard InChI is InChI=1S/C28H31N5O4S/c1-18(2)38(34,35)23-9-7-21(8-10-23)25-17-31-28(29)27(32-25)26-15-24(33-37-26)20-5-3-19(4-6-20)16-30-22-11-13-36-14-12-22/h3-10,15,17-18,22,30H,11-14,16H2,1-2H3,(H2,29,31)/i13D2,14D2. The van der Waals surface area contributed by atoms with Gasteiger partial charge in [0.1, 0.15) is 5.69 Å². The predicted octanol–water partition coefficient (Wildman–Crippen LogP) is 4.50. The van der Waals surface area contributed by atoms with Crippen molar-refractivity contribution in [3.05, 3.63) is 66.4 Å². The van der Waals surface area contributed by atoms with Crippen LogP contribution >= 0.6 is 0 Å². The van der Waals surface area contributed by atoms with Crippen LogP contribution in [-0.2, 0) is 21.1 Å². The maximum Gasteiger partial charge on any atom is 0.189 e. The third-order valence-electron chi connectivity index (χ3n) is 6.29. The summed E-state index contributed by atoms with van der Waals surface area (Å²) < 4.78 is 66.5. The minimum atomic E-state index is -3.39. The molecule has 1 fully saturated rings. The van der Waals surface area contributed by atoms with Crippen LogP contribution in [0.1, 0.15) is 37.7 Å². The van der Waals surface area contributed by atoms with Crippen LogP contribution in [0.5, 0.6) is 0 Å². The number of nitrogens with one attached hydrogen (secondary N) is 1. The van der Waals surface area contributed by atoms with Gasteiger partial charge >= 0.3 is 0 Å². The van der Waals surface area contributed by atoms with Crippen molar-refractivity contribution in [1.82, 2.24) is 20.4 Å². The van der Waals surface area contributed by atoms with Crippen molar-refractivity contribution in [2.75, 3.05) is 18.9 Å². The molecule has 5 rings (SSSR count). The van der Waals surface area contributed by atoms with Crippen LogP contribution in [-0.4, -0.2) is 48.0 Å². The highest BCUT2D eigenvalue weighted by Crippen LogP contribution is 2.30. The summed E-state index contributed by atoms with van der Waals surface area (Å²) in [5, 5.41) is 6.86. The van der Waals surface area contributed by atoms with Gasteiger partial charge in [0.2, 0.25) is 0 Å². The molecule has 1 aliphatic heterocycles. The van der Waals surface area contributed by atoms with Gasteiger partial charge in [0, 0.05) is 42.9 Å². The maximum atomic E-state index is 12.4. The van der Waals surface area contributed by atoms with Crippen molar-refractivity contribution in [2.45, 2.75) is 49.4 Å². The van der Waals surface area contributed by atoms with Crippen LogP contribution in [0, 0.1) is 0 Å². The molecule has 0 saturated carbocycles. The van der Waals surface area contributed by atoms with Crippen LogP contribution in [0.25, 0.3) is 34.0 Å². The molecule has 0 radical (unpaired) electrons. The summed E-state index contributed by atoms with van der Waals surface area (Å²) >= 11 is 0. The number of sulfone groups is 1. The Hall–Kier alpha value is -3.60. The fourth-order valence-electron chi connectivity index (χ4n) is 3.94. The number of nitrogens with two attached hydrogens (primary N) is 1. The van der Waals surface area contributed by atoms with Crippen molar-refractivity contribution < 1.29 is 23.2 Å². The molecule has 0 amide bonds. The molecule has 3 heterocycles. The Morgan fingerprint density at radius 1 is 1.05 bits per heavy atom. The van der Waals surface area contributed by atoms with Crippen molar-refractivity contribution in [2.24, 2.45) is 0 Å². The van der Waals surface area contributed by atoms with Gasteiger partial charge in [-0.05, 0) is 44.4 Å². The summed E-state index contributed by atoms with van der Waals surface area (Å²) in [7, 11) is -3.39. The first-order chi connectivity index (χ1) is 19.7. The molecule has 0 spiro atoms. The fourth-order valence-corrected chi connectivity index (χ4v) is 5.00. The number of benzene rings is 2. The van der Waals surface area contributed by atoms with Gasteiger partial charge in [-0.1, -0.05) is 41.6 Å². The first kappa shape index (κ1) is 21.3. The van der Waals surface area contributed by atoms with E-state index >= 15 is 0 Å². The second-order valence-corrected chi connectivity index (χ2v) is 11.8. The van der Waals surface area contributed by atoms with E-state index in [-0.39, 0.29) is 29.6 Å². The number of aromatic nitrogens is 3. The van der Waals surface area contributed by atoms with Crippen LogP contribution in [0.2, 0.25) is 0 Å². The Labute approximate surface area is 228 Å². The predicted molar refractivity (Wildman–Crippen MR) is 146 cm³/mol. The molecule has 2 aromatic heterocycles. The number of nitrogens with zero attached hydrogens (tertiary/aromatic N) is 3. The molecular formula is C28H31N5O4S. The van der Waals surface area contributed by atoms with Gasteiger partial charge in [-0.15, -0.1) is 0 Å². The molecule has 10 heteroatoms. The molecule has 0 atom stereocenters. The molecule has 2 aromatic carbocycles. The van der Waals surface area contributed by atoms with Gasteiger partial charge in [0.15, 0.2) is 27.1 Å². The Kier molecular flexibility index (Phi) is 6.19. The SMILES string of the molecule is [2H]C1([2H])CC(NCc2ccc(-c3cc(-c4nc(-c5ccc(S(=O)(=O)C(C)C)cc5)cnc4N)on3)cc2)CC([2H])([2H])O1. The molecule has 38 heavy (non-hydrogen) atoms. The number of hydrogen-bond acceptors (Lipinski definition) is 9. The highest BCUT2D eigenvalue weighted by atomic mass is 32.2. The smallest absolute Gasteiger partial charge is 0.189 e. The Balaban J connectivity index is 1.29. The topological polar surface area (TPSA) is 133 Å². The quantitative estimate of drug-likeness (QED) is 0.333. The lowest BCUT2D eigenvalue weighted by atomic mass is 10.1. The number of hydrogen-bond donors (Lipinski definition) is 2. The first-order valence-corrected chi connectivity index (χ1v) is 13.7. The zero-order chi connectivity index (χ0) is 30.3. The molecule has 4 aromatic rings. The second-order valence-electron chi connectivity index (χ2n) is 9.26. The zero-order valence-electron chi connectivity index (χ0n) is 25.0. The summed E-state index contributed by atoms with van der Waals surface area (Å²) in [4.78, 5) is 9.09. The van der Waals surface area contributed by atoms with E-state index < -0.39 is 28.2 Å². The van der Waals surface area contributed by atoms with E-state index in [1.165, 1.54) is 6.20 Å². The first-order valence-electron chi connectivity index (χ1n) is 14.2. The lowest BCUT2D eigenvalue weighted by Gasteiger charge is -2.23. The lowest BCUT2D eigenvalue weighted by Crippen LogP contribution is -2.34. The number of rotatable bonds is 8. The van der Waals surface area contributed by atoms with Crippen molar-refractivity contribution in [3.8, 4) is 34.0 Å². The summed E-state index contributed by atoms with van der Waals surface area (Å²) in [6.45, 7) is -0.340. The molecule has 0 bridgehead atoms. The van der Waals surface area contributed by atoms with Gasteiger partial charge in [0.05, 0.1) is 27.5 Å². The minimum absolute atomic E-state index is 0.0604. The molecule has 9 nitrogen and oxygen atoms in total. The van der Waals surface area contributed by atoms with E-state index in [0.29, 0.717) is 35.0 Å². The Morgan fingerprint density at radius 2 is 1.71 bits per heavy atom. The average Bonchev–Trinajstić information content (AvgIpc) is 3.41. The molecular weight excluding hydrogens is 502 g/mol.